The van der Waals surface area contributed by atoms with Crippen LogP contribution in [0.4, 0.5) is 17.1 Å². The molecule has 10 aromatic carbocycles. The summed E-state index contributed by atoms with van der Waals surface area (Å²) in [6.07, 6.45) is 0. The van der Waals surface area contributed by atoms with Crippen molar-refractivity contribution >= 4 is 49.6 Å². The van der Waals surface area contributed by atoms with E-state index in [1.54, 1.807) is 0 Å². The van der Waals surface area contributed by atoms with Crippen molar-refractivity contribution in [1.29, 1.82) is 0 Å². The Labute approximate surface area is 430 Å². The van der Waals surface area contributed by atoms with Gasteiger partial charge in [0, 0.05) is 47.2 Å². The van der Waals surface area contributed by atoms with E-state index >= 15 is 0 Å². The van der Waals surface area contributed by atoms with Crippen molar-refractivity contribution in [2.75, 3.05) is 4.90 Å². The minimum atomic E-state index is -4.15. The molecule has 0 amide bonds. The minimum Gasteiger partial charge on any atom is -0.310 e. The molecule has 0 unspecified atom stereocenters. The van der Waals surface area contributed by atoms with Crippen LogP contribution in [0.5, 0.6) is 0 Å². The van der Waals surface area contributed by atoms with Crippen molar-refractivity contribution in [2.24, 2.45) is 0 Å². The molecule has 0 bridgehead atoms. The number of hydrogen-bond acceptors (Lipinski definition) is 1. The molecule has 0 spiro atoms. The standard InChI is InChI=1S/C61H44N2/c1-61(2)57-22-12-10-20-53(57)54-36-35-50(40-58(54)61)62(48-32-27-44(28-33-48)52-19-9-8-18-51(52)43-15-4-3-5-16-43)47-30-24-42(25-31-47)46-29-37-60-56(39-46)55-21-11-13-23-59(55)63(60)49-34-26-41-14-6-7-17-45(41)38-49/h3-40H,1-2H3/i1D3,2D3,3D,4D,5D,6D,7D,8D,9D,10D,11D,12D,13D,14D,15D,16D,17D,18D,19D,20D,21D,22D,23D,24D,25D,26D,27D,28D,29D,30D,31D,32D,33D,34D,35D,36D,37D,38D,39D,40D. The van der Waals surface area contributed by atoms with E-state index in [1.807, 2.05) is 0 Å². The lowest BCUT2D eigenvalue weighted by Gasteiger charge is -2.28. The van der Waals surface area contributed by atoms with Crippen LogP contribution in [0.25, 0.3) is 82.8 Å². The maximum absolute atomic E-state index is 10.2. The van der Waals surface area contributed by atoms with Gasteiger partial charge in [-0.2, -0.15) is 0 Å². The molecule has 63 heavy (non-hydrogen) atoms. The largest absolute Gasteiger partial charge is 0.310 e. The van der Waals surface area contributed by atoms with E-state index in [2.05, 4.69) is 0 Å². The van der Waals surface area contributed by atoms with Gasteiger partial charge >= 0.3 is 0 Å². The van der Waals surface area contributed by atoms with Gasteiger partial charge in [-0.25, -0.2) is 0 Å². The zero-order chi connectivity index (χ0) is 80.1. The van der Waals surface area contributed by atoms with E-state index in [0.717, 1.165) is 0 Å². The Bertz CT molecular complexity index is 5920. The van der Waals surface area contributed by atoms with Crippen LogP contribution in [0, 0.1) is 0 Å². The SMILES string of the molecule is [2H]c1c([2H])c([2H])c(-c2c([2H])c([2H])c([2H])c([2H])c2-c2c([2H])c([2H])c(N(c3c([2H])c([2H])c(-c4c([2H])c([2H])c5c(c4[2H])c4c([2H])c([2H])c([2H])c([2H])c4n5-c4c([2H])c([2H])c5c([2H])c([2H])c([2H])c([2H])c5c4[2H])c([2H])c3[2H])c3c([2H])c([2H])c4c(c3[2H])C(C([2H])([2H])[2H])(C([2H])([2H])[2H])c3c([2H])c([2H])c([2H])c([2H])c3-4)c([2H])c2[2H])c([2H])c1[2H]. The Hall–Kier alpha value is -7.94. The summed E-state index contributed by atoms with van der Waals surface area (Å²) in [5.41, 5.74) is -22.5. The summed E-state index contributed by atoms with van der Waals surface area (Å²) in [6.45, 7) is -8.31. The molecule has 0 radical (unpaired) electrons. The number of hydrogen-bond donors (Lipinski definition) is 0. The van der Waals surface area contributed by atoms with E-state index in [9.17, 15) is 26.0 Å². The number of rotatable bonds is 7. The molecule has 1 heterocycles. The molecule has 12 rings (SSSR count). The first-order valence-corrected chi connectivity index (χ1v) is 18.3. The average Bonchev–Trinajstić information content (AvgIpc) is 1.51. The number of anilines is 3. The summed E-state index contributed by atoms with van der Waals surface area (Å²) in [7, 11) is 0. The van der Waals surface area contributed by atoms with Gasteiger partial charge in [0.25, 0.3) is 0 Å². The molecule has 0 fully saturated rings. The fourth-order valence-corrected chi connectivity index (χ4v) is 7.11. The Balaban J connectivity index is 1.26. The number of benzene rings is 10. The van der Waals surface area contributed by atoms with Gasteiger partial charge in [-0.05, 0) is 133 Å². The molecule has 1 aliphatic carbocycles. The van der Waals surface area contributed by atoms with Gasteiger partial charge in [0.15, 0.2) is 0 Å². The Kier molecular flexibility index (Phi) is 3.08. The molecule has 1 aromatic heterocycles. The highest BCUT2D eigenvalue weighted by Crippen LogP contribution is 2.51. The van der Waals surface area contributed by atoms with Crippen LogP contribution >= 0.6 is 0 Å². The first kappa shape index (κ1) is 13.3. The minimum absolute atomic E-state index is 0.0322. The molecule has 2 nitrogen and oxygen atoms in total. The van der Waals surface area contributed by atoms with Gasteiger partial charge in [-0.15, -0.1) is 0 Å². The van der Waals surface area contributed by atoms with Crippen LogP contribution in [-0.2, 0) is 5.41 Å². The number of nitrogens with zero attached hydrogens (tertiary/aromatic N) is 2. The van der Waals surface area contributed by atoms with Crippen LogP contribution in [0.1, 0.15) is 85.1 Å². The molecular formula is C61H44N2. The third kappa shape index (κ3) is 6.09. The molecular weight excluding hydrogens is 761 g/mol. The van der Waals surface area contributed by atoms with Crippen molar-refractivity contribution in [1.82, 2.24) is 4.57 Å². The highest BCUT2D eigenvalue weighted by molar-refractivity contribution is 6.10. The molecule has 11 aromatic rings. The lowest BCUT2D eigenvalue weighted by molar-refractivity contribution is 0.660. The lowest BCUT2D eigenvalue weighted by atomic mass is 9.82. The summed E-state index contributed by atoms with van der Waals surface area (Å²) < 4.78 is 405. The van der Waals surface area contributed by atoms with Gasteiger partial charge < -0.3 is 9.47 Å². The van der Waals surface area contributed by atoms with Gasteiger partial charge in [0.05, 0.1) is 63.1 Å². The van der Waals surface area contributed by atoms with Crippen LogP contribution in [0.3, 0.4) is 0 Å². The Morgan fingerprint density at radius 2 is 0.952 bits per heavy atom. The van der Waals surface area contributed by atoms with Gasteiger partial charge in [0.1, 0.15) is 0 Å². The zero-order valence-electron chi connectivity index (χ0n) is 75.4. The number of aromatic nitrogens is 1. The monoisotopic (exact) mass is 849 g/mol. The normalized spacial score (nSPS) is 23.0. The van der Waals surface area contributed by atoms with Crippen molar-refractivity contribution in [3.8, 4) is 50.2 Å². The van der Waals surface area contributed by atoms with Crippen LogP contribution in [0.15, 0.2) is 230 Å². The fourth-order valence-electron chi connectivity index (χ4n) is 7.11. The predicted molar refractivity (Wildman–Crippen MR) is 267 cm³/mol. The highest BCUT2D eigenvalue weighted by Gasteiger charge is 2.35. The van der Waals surface area contributed by atoms with E-state index < -0.39 is 360 Å². The Morgan fingerprint density at radius 1 is 0.381 bits per heavy atom. The Morgan fingerprint density at radius 3 is 1.71 bits per heavy atom. The van der Waals surface area contributed by atoms with Crippen molar-refractivity contribution in [2.45, 2.75) is 19.1 Å². The summed E-state index contributed by atoms with van der Waals surface area (Å²) >= 11 is 0. The zero-order valence-corrected chi connectivity index (χ0v) is 31.4. The first-order chi connectivity index (χ1) is 49.3. The highest BCUT2D eigenvalue weighted by atomic mass is 15.1. The van der Waals surface area contributed by atoms with Crippen molar-refractivity contribution < 1.29 is 60.3 Å². The maximum Gasteiger partial charge on any atom is 0.0651 e. The molecule has 0 aliphatic heterocycles. The van der Waals surface area contributed by atoms with Gasteiger partial charge in [0.2, 0.25) is 0 Å². The summed E-state index contributed by atoms with van der Waals surface area (Å²) in [5, 5.41) is -2.96. The van der Waals surface area contributed by atoms with E-state index in [4.69, 9.17) is 34.3 Å². The van der Waals surface area contributed by atoms with Gasteiger partial charge in [-0.1, -0.05) is 177 Å². The molecule has 0 N–H and O–H groups in total. The molecule has 0 atom stereocenters. The smallest absolute Gasteiger partial charge is 0.0651 e. The van der Waals surface area contributed by atoms with Crippen molar-refractivity contribution in [3.63, 3.8) is 0 Å². The summed E-state index contributed by atoms with van der Waals surface area (Å²) in [4.78, 5) is 0.0322. The second-order valence-electron chi connectivity index (χ2n) is 13.5. The van der Waals surface area contributed by atoms with E-state index in [1.165, 1.54) is 0 Å². The van der Waals surface area contributed by atoms with Crippen LogP contribution < -0.4 is 4.90 Å². The van der Waals surface area contributed by atoms with Crippen molar-refractivity contribution in [3.05, 3.63) is 241 Å². The van der Waals surface area contributed by atoms with E-state index in [0.29, 0.717) is 4.57 Å². The quantitative estimate of drug-likeness (QED) is 0.155. The second kappa shape index (κ2) is 14.6. The summed E-state index contributed by atoms with van der Waals surface area (Å²) in [6, 6.07) is -46.6. The lowest BCUT2D eigenvalue weighted by Crippen LogP contribution is -2.16. The summed E-state index contributed by atoms with van der Waals surface area (Å²) in [5.74, 6) is 0. The molecule has 1 aliphatic rings. The maximum atomic E-state index is 10.2. The molecule has 2 heteroatoms. The molecule has 0 saturated carbocycles. The van der Waals surface area contributed by atoms with Crippen LogP contribution in [0.2, 0.25) is 0 Å². The van der Waals surface area contributed by atoms with Crippen LogP contribution in [-0.4, -0.2) is 4.57 Å². The molecule has 0 saturated heterocycles. The fraction of sp³-hybridized carbons (Fsp3) is 0.0492. The third-order valence-electron chi connectivity index (χ3n) is 9.94. The second-order valence-corrected chi connectivity index (χ2v) is 13.5. The molecule has 298 valence electrons. The first-order valence-electron chi connectivity index (χ1n) is 40.3. The number of para-hydroxylation sites is 1. The van der Waals surface area contributed by atoms with Gasteiger partial charge in [-0.3, -0.25) is 0 Å². The number of fused-ring (bicyclic) bond motifs is 7. The topological polar surface area (TPSA) is 8.17 Å². The third-order valence-corrected chi connectivity index (χ3v) is 9.94. The van der Waals surface area contributed by atoms with E-state index in [-0.39, 0.29) is 4.90 Å². The average molecular weight is 849 g/mol. The predicted octanol–water partition coefficient (Wildman–Crippen LogP) is 16.7.